The van der Waals surface area contributed by atoms with Crippen molar-refractivity contribution in [2.75, 3.05) is 13.6 Å². The van der Waals surface area contributed by atoms with E-state index in [2.05, 4.69) is 0 Å². The van der Waals surface area contributed by atoms with Gasteiger partial charge in [0.2, 0.25) is 17.7 Å². The predicted molar refractivity (Wildman–Crippen MR) is 87.3 cm³/mol. The first-order valence-corrected chi connectivity index (χ1v) is 8.48. The van der Waals surface area contributed by atoms with E-state index in [-0.39, 0.29) is 60.3 Å². The minimum Gasteiger partial charge on any atom is -0.340 e. The first-order valence-electron chi connectivity index (χ1n) is 8.48. The maximum atomic E-state index is 13.7. The molecule has 25 heavy (non-hydrogen) atoms. The number of nitrogens with zero attached hydrogens (tertiary/aromatic N) is 2. The molecule has 2 aliphatic carbocycles. The van der Waals surface area contributed by atoms with E-state index in [1.807, 2.05) is 12.2 Å². The van der Waals surface area contributed by atoms with Gasteiger partial charge >= 0.3 is 0 Å². The number of rotatable bonds is 4. The molecule has 3 aliphatic rings. The number of hydrogen-bond acceptors (Lipinski definition) is 3. The third kappa shape index (κ3) is 2.47. The fraction of sp³-hybridized carbons (Fsp3) is 0.421. The second-order valence-corrected chi connectivity index (χ2v) is 7.10. The first-order chi connectivity index (χ1) is 12.0. The summed E-state index contributed by atoms with van der Waals surface area (Å²) in [6.07, 6.45) is 4.90. The number of fused-ring (bicyclic) bond motifs is 5. The number of imide groups is 1. The number of likely N-dealkylation sites (N-methyl/N-ethyl adjacent to an activating group) is 1. The number of hydrogen-bond donors (Lipinski definition) is 0. The summed E-state index contributed by atoms with van der Waals surface area (Å²) in [7, 11) is 1.55. The fourth-order valence-electron chi connectivity index (χ4n) is 4.35. The molecule has 130 valence electrons. The minimum atomic E-state index is -0.382. The lowest BCUT2D eigenvalue weighted by Gasteiger charge is -2.22. The van der Waals surface area contributed by atoms with Crippen LogP contribution >= 0.6 is 0 Å². The maximum Gasteiger partial charge on any atom is 0.242 e. The molecule has 1 saturated heterocycles. The van der Waals surface area contributed by atoms with Gasteiger partial charge in [-0.05, 0) is 24.3 Å². The van der Waals surface area contributed by atoms with Crippen molar-refractivity contribution in [1.29, 1.82) is 0 Å². The molecular weight excluding hydrogens is 323 g/mol. The molecule has 0 radical (unpaired) electrons. The van der Waals surface area contributed by atoms with E-state index in [9.17, 15) is 18.8 Å². The third-order valence-electron chi connectivity index (χ3n) is 5.65. The molecule has 6 heteroatoms. The molecule has 4 rings (SSSR count). The summed E-state index contributed by atoms with van der Waals surface area (Å²) in [6, 6.07) is 6.24. The number of halogens is 1. The predicted octanol–water partition coefficient (Wildman–Crippen LogP) is 1.59. The molecule has 5 nitrogen and oxygen atoms in total. The van der Waals surface area contributed by atoms with Crippen molar-refractivity contribution in [2.45, 2.75) is 13.0 Å². The summed E-state index contributed by atoms with van der Waals surface area (Å²) in [6.45, 7) is -0.170. The van der Waals surface area contributed by atoms with Gasteiger partial charge < -0.3 is 4.90 Å². The standard InChI is InChI=1S/C19H19FN2O3/c1-21(9-13-4-2-3-5-14(13)20)15(23)10-22-18(24)16-11-6-7-12(8-11)17(16)19(22)25/h2-7,11-12,16-17H,8-10H2,1H3. The van der Waals surface area contributed by atoms with Gasteiger partial charge in [0.05, 0.1) is 11.8 Å². The fourth-order valence-corrected chi connectivity index (χ4v) is 4.35. The lowest BCUT2D eigenvalue weighted by atomic mass is 9.85. The van der Waals surface area contributed by atoms with Crippen LogP contribution in [0.2, 0.25) is 0 Å². The zero-order chi connectivity index (χ0) is 17.7. The zero-order valence-electron chi connectivity index (χ0n) is 13.9. The quantitative estimate of drug-likeness (QED) is 0.617. The number of carbonyl (C=O) groups is 3. The van der Waals surface area contributed by atoms with E-state index < -0.39 is 0 Å². The van der Waals surface area contributed by atoms with Crippen molar-refractivity contribution in [3.8, 4) is 0 Å². The number of amides is 3. The number of allylic oxidation sites excluding steroid dienone is 2. The number of carbonyl (C=O) groups excluding carboxylic acids is 3. The second kappa shape index (κ2) is 5.79. The van der Waals surface area contributed by atoms with Crippen LogP contribution in [0, 0.1) is 29.5 Å². The first kappa shape index (κ1) is 16.0. The molecule has 3 amide bonds. The maximum absolute atomic E-state index is 13.7. The molecule has 1 aliphatic heterocycles. The van der Waals surface area contributed by atoms with Gasteiger partial charge in [-0.15, -0.1) is 0 Å². The van der Waals surface area contributed by atoms with Crippen LogP contribution in [0.15, 0.2) is 36.4 Å². The summed E-state index contributed by atoms with van der Waals surface area (Å²) in [4.78, 5) is 40.1. The Hall–Kier alpha value is -2.50. The van der Waals surface area contributed by atoms with Crippen molar-refractivity contribution < 1.29 is 18.8 Å². The highest BCUT2D eigenvalue weighted by Gasteiger charge is 2.59. The summed E-state index contributed by atoms with van der Waals surface area (Å²) >= 11 is 0. The molecule has 2 fully saturated rings. The van der Waals surface area contributed by atoms with Crippen LogP contribution in [0.25, 0.3) is 0 Å². The highest BCUT2D eigenvalue weighted by Crippen LogP contribution is 2.52. The highest BCUT2D eigenvalue weighted by molar-refractivity contribution is 6.08. The average molecular weight is 342 g/mol. The Bertz CT molecular complexity index is 761. The second-order valence-electron chi connectivity index (χ2n) is 7.10. The zero-order valence-corrected chi connectivity index (χ0v) is 13.9. The Labute approximate surface area is 145 Å². The lowest BCUT2D eigenvalue weighted by Crippen LogP contribution is -2.42. The Morgan fingerprint density at radius 3 is 2.36 bits per heavy atom. The van der Waals surface area contributed by atoms with Gasteiger partial charge in [-0.1, -0.05) is 30.4 Å². The van der Waals surface area contributed by atoms with Crippen molar-refractivity contribution in [1.82, 2.24) is 9.80 Å². The smallest absolute Gasteiger partial charge is 0.242 e. The van der Waals surface area contributed by atoms with E-state index in [1.54, 1.807) is 25.2 Å². The molecule has 1 saturated carbocycles. The van der Waals surface area contributed by atoms with Crippen LogP contribution in [0.3, 0.4) is 0 Å². The van der Waals surface area contributed by atoms with Gasteiger partial charge in [-0.3, -0.25) is 19.3 Å². The van der Waals surface area contributed by atoms with Crippen LogP contribution in [-0.4, -0.2) is 41.1 Å². The van der Waals surface area contributed by atoms with E-state index in [4.69, 9.17) is 0 Å². The van der Waals surface area contributed by atoms with Crippen molar-refractivity contribution in [3.05, 3.63) is 47.8 Å². The Kier molecular flexibility index (Phi) is 3.71. The molecule has 4 atom stereocenters. The SMILES string of the molecule is CN(Cc1ccccc1F)C(=O)CN1C(=O)C2C3C=CC(C3)C2C1=O. The third-order valence-corrected chi connectivity index (χ3v) is 5.65. The molecule has 1 aromatic carbocycles. The summed E-state index contributed by atoms with van der Waals surface area (Å²) in [5, 5.41) is 0. The molecule has 2 bridgehead atoms. The molecular formula is C19H19FN2O3. The van der Waals surface area contributed by atoms with Gasteiger partial charge in [-0.2, -0.15) is 0 Å². The summed E-state index contributed by atoms with van der Waals surface area (Å²) in [5.74, 6) is -1.57. The summed E-state index contributed by atoms with van der Waals surface area (Å²) in [5.41, 5.74) is 0.400. The molecule has 1 aromatic rings. The van der Waals surface area contributed by atoms with Crippen LogP contribution < -0.4 is 0 Å². The topological polar surface area (TPSA) is 57.7 Å². The van der Waals surface area contributed by atoms with E-state index >= 15 is 0 Å². The van der Waals surface area contributed by atoms with Gasteiger partial charge in [-0.25, -0.2) is 4.39 Å². The van der Waals surface area contributed by atoms with Gasteiger partial charge in [0, 0.05) is 19.2 Å². The van der Waals surface area contributed by atoms with Crippen molar-refractivity contribution in [3.63, 3.8) is 0 Å². The molecule has 0 spiro atoms. The Morgan fingerprint density at radius 1 is 1.16 bits per heavy atom. The number of benzene rings is 1. The molecule has 4 unspecified atom stereocenters. The molecule has 1 heterocycles. The Balaban J connectivity index is 1.44. The minimum absolute atomic E-state index is 0.0986. The van der Waals surface area contributed by atoms with Crippen LogP contribution in [0.5, 0.6) is 0 Å². The van der Waals surface area contributed by atoms with Gasteiger partial charge in [0.15, 0.2) is 0 Å². The van der Waals surface area contributed by atoms with E-state index in [0.29, 0.717) is 5.56 Å². The summed E-state index contributed by atoms with van der Waals surface area (Å²) < 4.78 is 13.7. The Morgan fingerprint density at radius 2 is 1.76 bits per heavy atom. The molecule has 0 aromatic heterocycles. The highest BCUT2D eigenvalue weighted by atomic mass is 19.1. The number of likely N-dealkylation sites (tertiary alicyclic amines) is 1. The van der Waals surface area contributed by atoms with Gasteiger partial charge in [0.1, 0.15) is 12.4 Å². The van der Waals surface area contributed by atoms with Crippen LogP contribution in [0.1, 0.15) is 12.0 Å². The van der Waals surface area contributed by atoms with Crippen molar-refractivity contribution >= 4 is 17.7 Å². The van der Waals surface area contributed by atoms with E-state index in [0.717, 1.165) is 11.3 Å². The van der Waals surface area contributed by atoms with E-state index in [1.165, 1.54) is 11.0 Å². The lowest BCUT2D eigenvalue weighted by molar-refractivity contribution is -0.146. The molecule has 0 N–H and O–H groups in total. The van der Waals surface area contributed by atoms with Crippen molar-refractivity contribution in [2.24, 2.45) is 23.7 Å². The average Bonchev–Trinajstić information content (AvgIpc) is 3.26. The van der Waals surface area contributed by atoms with Gasteiger partial charge in [0.25, 0.3) is 0 Å². The monoisotopic (exact) mass is 342 g/mol. The largest absolute Gasteiger partial charge is 0.340 e. The normalized spacial score (nSPS) is 29.4. The van der Waals surface area contributed by atoms with Crippen LogP contribution in [-0.2, 0) is 20.9 Å². The van der Waals surface area contributed by atoms with Crippen LogP contribution in [0.4, 0.5) is 4.39 Å².